The topological polar surface area (TPSA) is 112 Å². The molecule has 2 aromatic heterocycles. The summed E-state index contributed by atoms with van der Waals surface area (Å²) >= 11 is 0.536. The number of nitrogen functional groups attached to an aromatic ring is 1. The number of nitriles is 1. The van der Waals surface area contributed by atoms with Crippen LogP contribution in [0.2, 0.25) is 0 Å². The van der Waals surface area contributed by atoms with E-state index >= 15 is 30.7 Å². The van der Waals surface area contributed by atoms with Gasteiger partial charge in [-0.2, -0.15) is 41.6 Å². The van der Waals surface area contributed by atoms with Gasteiger partial charge in [0.05, 0.1) is 32.4 Å². The number of alkyl halides is 7. The van der Waals surface area contributed by atoms with Gasteiger partial charge in [-0.25, -0.2) is 8.78 Å². The molecule has 3 fully saturated rings. The van der Waals surface area contributed by atoms with Gasteiger partial charge in [0.1, 0.15) is 35.5 Å². The predicted molar refractivity (Wildman–Crippen MR) is 195 cm³/mol. The number of nitrogens with zero attached hydrogens (tertiary/aromatic N) is 6. The molecular formula is C38H39F8N7O2S. The quantitative estimate of drug-likeness (QED) is 0.176. The molecule has 2 atom stereocenters. The molecule has 0 spiro atoms. The summed E-state index contributed by atoms with van der Waals surface area (Å²) in [5, 5.41) is 8.58. The van der Waals surface area contributed by atoms with Crippen LogP contribution in [0.25, 0.3) is 32.1 Å². The lowest BCUT2D eigenvalue weighted by molar-refractivity contribution is -0.141. The highest BCUT2D eigenvalue weighted by Gasteiger charge is 2.50. The van der Waals surface area contributed by atoms with Crippen molar-refractivity contribution in [2.45, 2.75) is 83.0 Å². The van der Waals surface area contributed by atoms with Crippen molar-refractivity contribution >= 4 is 49.1 Å². The minimum atomic E-state index is -5.50. The number of nitrogens with two attached hydrogens (primary N) is 1. The van der Waals surface area contributed by atoms with E-state index in [4.69, 9.17) is 10.5 Å². The molecule has 5 heterocycles. The Morgan fingerprint density at radius 2 is 1.86 bits per heavy atom. The molecule has 2 N–H and O–H groups in total. The van der Waals surface area contributed by atoms with Crippen LogP contribution in [0, 0.1) is 23.1 Å². The van der Waals surface area contributed by atoms with Crippen molar-refractivity contribution in [1.82, 2.24) is 19.8 Å². The van der Waals surface area contributed by atoms with Gasteiger partial charge in [0.25, 0.3) is 0 Å². The number of piperidine rings is 1. The summed E-state index contributed by atoms with van der Waals surface area (Å²) in [7, 11) is 0. The second kappa shape index (κ2) is 14.5. The summed E-state index contributed by atoms with van der Waals surface area (Å²) in [5.74, 6) is -1.56. The molecule has 3 aliphatic heterocycles. The third kappa shape index (κ3) is 6.84. The molecule has 0 saturated carbocycles. The van der Waals surface area contributed by atoms with Gasteiger partial charge >= 0.3 is 18.4 Å². The number of carbonyl (C=O) groups is 1. The molecule has 3 aliphatic rings. The summed E-state index contributed by atoms with van der Waals surface area (Å²) < 4.78 is 128. The van der Waals surface area contributed by atoms with Crippen molar-refractivity contribution in [3.05, 3.63) is 40.7 Å². The highest BCUT2D eigenvalue weighted by Crippen LogP contribution is 2.52. The first-order chi connectivity index (χ1) is 26.4. The molecule has 0 aliphatic carbocycles. The molecular weight excluding hydrogens is 771 g/mol. The standard InChI is InChI=1S/C38H39F8N7O2S/c1-4-53(21-8-12-51(13-9-21)34(54)19(2)3)33-23-14-25(37(41,42)43)28(22-6-7-26(40)31-27(22)24(16-47)32(48)56-31)29(38(44,45)46)30(23)49-35(50-33)55-18-36-10-5-11-52(36)17-20(39)15-36/h6-7,14,19-21H,4-5,8-13,15,17-18,48H2,1-3H3/t20-,36+/m1/s1. The summed E-state index contributed by atoms with van der Waals surface area (Å²) in [6, 6.07) is 2.81. The SMILES string of the molecule is CCN(c1nc(OC[C@@]23CCCN2C[C@H](F)C3)nc2c(C(F)(F)F)c(-c3ccc(F)c4sc(N)c(C#N)c34)c(C(F)(F)F)cc12)C1CCN(C(=O)C(C)C)CC1. The molecule has 7 rings (SSSR count). The first-order valence-electron chi connectivity index (χ1n) is 18.4. The number of hydrogen-bond acceptors (Lipinski definition) is 9. The third-order valence-electron chi connectivity index (χ3n) is 11.3. The number of carbonyl (C=O) groups excluding carboxylic acids is 1. The molecule has 9 nitrogen and oxygen atoms in total. The van der Waals surface area contributed by atoms with Crippen LogP contribution in [0.4, 0.5) is 45.9 Å². The minimum Gasteiger partial charge on any atom is -0.461 e. The van der Waals surface area contributed by atoms with E-state index in [1.807, 2.05) is 4.90 Å². The number of amides is 1. The molecule has 4 aromatic rings. The maximum absolute atomic E-state index is 15.7. The predicted octanol–water partition coefficient (Wildman–Crippen LogP) is 8.57. The van der Waals surface area contributed by atoms with Gasteiger partial charge in [0, 0.05) is 60.9 Å². The number of benzene rings is 2. The van der Waals surface area contributed by atoms with Crippen LogP contribution in [0.15, 0.2) is 18.2 Å². The van der Waals surface area contributed by atoms with Gasteiger partial charge in [0.15, 0.2) is 0 Å². The average Bonchev–Trinajstić information content (AvgIpc) is 3.78. The average molecular weight is 810 g/mol. The second-order valence-electron chi connectivity index (χ2n) is 15.0. The fourth-order valence-corrected chi connectivity index (χ4v) is 9.74. The molecule has 0 bridgehead atoms. The van der Waals surface area contributed by atoms with E-state index in [-0.39, 0.29) is 53.5 Å². The van der Waals surface area contributed by atoms with E-state index < -0.39 is 86.0 Å². The zero-order chi connectivity index (χ0) is 40.5. The van der Waals surface area contributed by atoms with Gasteiger partial charge in [0.2, 0.25) is 5.91 Å². The van der Waals surface area contributed by atoms with Gasteiger partial charge in [-0.15, -0.1) is 11.3 Å². The lowest BCUT2D eigenvalue weighted by atomic mass is 9.88. The molecule has 3 saturated heterocycles. The monoisotopic (exact) mass is 809 g/mol. The highest BCUT2D eigenvalue weighted by molar-refractivity contribution is 7.23. The zero-order valence-corrected chi connectivity index (χ0v) is 31.6. The molecule has 18 heteroatoms. The van der Waals surface area contributed by atoms with E-state index in [9.17, 15) is 14.4 Å². The number of rotatable bonds is 8. The summed E-state index contributed by atoms with van der Waals surface area (Å²) in [5.41, 5.74) is -1.73. The van der Waals surface area contributed by atoms with Crippen LogP contribution < -0.4 is 15.4 Å². The summed E-state index contributed by atoms with van der Waals surface area (Å²) in [6.45, 7) is 6.55. The highest BCUT2D eigenvalue weighted by atomic mass is 32.1. The number of hydrogen-bond donors (Lipinski definition) is 1. The van der Waals surface area contributed by atoms with Crippen molar-refractivity contribution in [1.29, 1.82) is 5.26 Å². The number of ether oxygens (including phenoxy) is 1. The van der Waals surface area contributed by atoms with Crippen molar-refractivity contribution < 1.29 is 44.7 Å². The number of halogens is 8. The molecule has 2 aromatic carbocycles. The number of likely N-dealkylation sites (tertiary alicyclic amines) is 1. The molecule has 0 radical (unpaired) electrons. The van der Waals surface area contributed by atoms with Crippen molar-refractivity contribution in [2.24, 2.45) is 5.92 Å². The Morgan fingerprint density at radius 1 is 1.14 bits per heavy atom. The Hall–Kier alpha value is -4.50. The molecule has 300 valence electrons. The number of thiophene rings is 1. The Kier molecular flexibility index (Phi) is 10.3. The van der Waals surface area contributed by atoms with E-state index in [1.54, 1.807) is 36.6 Å². The number of aromatic nitrogens is 2. The lowest BCUT2D eigenvalue weighted by Crippen LogP contribution is -2.48. The van der Waals surface area contributed by atoms with Crippen LogP contribution >= 0.6 is 11.3 Å². The Bertz CT molecular complexity index is 2230. The summed E-state index contributed by atoms with van der Waals surface area (Å²) in [4.78, 5) is 26.7. The fourth-order valence-electron chi connectivity index (χ4n) is 8.79. The second-order valence-corrected chi connectivity index (χ2v) is 16.1. The smallest absolute Gasteiger partial charge is 0.419 e. The van der Waals surface area contributed by atoms with Crippen molar-refractivity contribution in [3.63, 3.8) is 0 Å². The summed E-state index contributed by atoms with van der Waals surface area (Å²) in [6.07, 6.45) is -9.92. The Morgan fingerprint density at radius 3 is 2.48 bits per heavy atom. The van der Waals surface area contributed by atoms with Crippen LogP contribution in [0.1, 0.15) is 69.6 Å². The van der Waals surface area contributed by atoms with E-state index in [2.05, 4.69) is 9.97 Å². The van der Waals surface area contributed by atoms with Crippen LogP contribution in [0.5, 0.6) is 6.01 Å². The van der Waals surface area contributed by atoms with Gasteiger partial charge in [-0.05, 0) is 56.8 Å². The van der Waals surface area contributed by atoms with Crippen LogP contribution in [-0.2, 0) is 17.1 Å². The number of fused-ring (bicyclic) bond motifs is 3. The first-order valence-corrected chi connectivity index (χ1v) is 19.2. The van der Waals surface area contributed by atoms with E-state index in [0.29, 0.717) is 56.3 Å². The normalized spacial score (nSPS) is 21.0. The number of anilines is 2. The zero-order valence-electron chi connectivity index (χ0n) is 30.8. The van der Waals surface area contributed by atoms with E-state index in [1.165, 1.54) is 0 Å². The molecule has 0 unspecified atom stereocenters. The maximum atomic E-state index is 15.7. The Labute approximate surface area is 321 Å². The molecule has 56 heavy (non-hydrogen) atoms. The van der Waals surface area contributed by atoms with Crippen molar-refractivity contribution in [2.75, 3.05) is 50.0 Å². The van der Waals surface area contributed by atoms with E-state index in [0.717, 1.165) is 18.6 Å². The van der Waals surface area contributed by atoms with Crippen LogP contribution in [0.3, 0.4) is 0 Å². The third-order valence-corrected chi connectivity index (χ3v) is 12.3. The molecule has 1 amide bonds. The van der Waals surface area contributed by atoms with Gasteiger partial charge < -0.3 is 20.3 Å². The van der Waals surface area contributed by atoms with Gasteiger partial charge in [-0.3, -0.25) is 9.69 Å². The van der Waals surface area contributed by atoms with Gasteiger partial charge in [-0.1, -0.05) is 19.9 Å². The Balaban J connectivity index is 1.49. The van der Waals surface area contributed by atoms with Crippen molar-refractivity contribution in [3.8, 4) is 23.2 Å². The largest absolute Gasteiger partial charge is 0.461 e. The van der Waals surface area contributed by atoms with Crippen LogP contribution in [-0.4, -0.2) is 82.8 Å². The lowest BCUT2D eigenvalue weighted by Gasteiger charge is -2.39. The maximum Gasteiger partial charge on any atom is 0.419 e. The first kappa shape index (κ1) is 39.7. The fraction of sp³-hybridized carbons (Fsp3) is 0.526. The minimum absolute atomic E-state index is 0.0727.